The summed E-state index contributed by atoms with van der Waals surface area (Å²) in [6.07, 6.45) is 2.40. The van der Waals surface area contributed by atoms with Crippen LogP contribution in [0.1, 0.15) is 29.8 Å². The lowest BCUT2D eigenvalue weighted by Crippen LogP contribution is -2.03. The number of carbonyl (C=O) groups excluding carboxylic acids is 1. The van der Waals surface area contributed by atoms with E-state index in [0.717, 1.165) is 5.57 Å². The van der Waals surface area contributed by atoms with Gasteiger partial charge in [0.2, 0.25) is 0 Å². The van der Waals surface area contributed by atoms with Crippen molar-refractivity contribution in [3.8, 4) is 0 Å². The summed E-state index contributed by atoms with van der Waals surface area (Å²) in [6.45, 7) is 3.89. The van der Waals surface area contributed by atoms with Gasteiger partial charge in [-0.3, -0.25) is 0 Å². The van der Waals surface area contributed by atoms with Crippen LogP contribution in [-0.4, -0.2) is 13.1 Å². The van der Waals surface area contributed by atoms with Crippen LogP contribution < -0.4 is 0 Å². The molecule has 0 aromatic heterocycles. The van der Waals surface area contributed by atoms with Crippen molar-refractivity contribution < 1.29 is 13.9 Å². The van der Waals surface area contributed by atoms with Crippen LogP contribution in [-0.2, 0) is 11.2 Å². The molecule has 0 unspecified atom stereocenters. The molecule has 0 aliphatic rings. The van der Waals surface area contributed by atoms with Crippen LogP contribution in [0.5, 0.6) is 0 Å². The molecular weight excluding hydrogens is 207 g/mol. The maximum Gasteiger partial charge on any atom is 0.337 e. The molecule has 0 aliphatic carbocycles. The molecule has 0 bridgehead atoms. The largest absolute Gasteiger partial charge is 0.465 e. The molecule has 0 heterocycles. The Morgan fingerprint density at radius 3 is 2.69 bits per heavy atom. The molecule has 0 atom stereocenters. The first-order chi connectivity index (χ1) is 7.54. The monoisotopic (exact) mass is 222 g/mol. The number of allylic oxidation sites excluding steroid dienone is 2. The van der Waals surface area contributed by atoms with Crippen molar-refractivity contribution in [1.82, 2.24) is 0 Å². The second-order valence-corrected chi connectivity index (χ2v) is 3.78. The van der Waals surface area contributed by atoms with Crippen LogP contribution in [0.25, 0.3) is 0 Å². The number of hydrogen-bond acceptors (Lipinski definition) is 2. The highest BCUT2D eigenvalue weighted by atomic mass is 19.1. The van der Waals surface area contributed by atoms with E-state index in [4.69, 9.17) is 0 Å². The third-order valence-corrected chi connectivity index (χ3v) is 2.20. The number of benzene rings is 1. The van der Waals surface area contributed by atoms with Crippen molar-refractivity contribution in [2.45, 2.75) is 20.3 Å². The minimum absolute atomic E-state index is 0.301. The van der Waals surface area contributed by atoms with E-state index in [0.29, 0.717) is 17.5 Å². The fourth-order valence-electron chi connectivity index (χ4n) is 1.29. The average Bonchev–Trinajstić information content (AvgIpc) is 2.26. The second-order valence-electron chi connectivity index (χ2n) is 3.78. The minimum atomic E-state index is -0.446. The molecule has 1 aromatic rings. The first kappa shape index (κ1) is 12.4. The van der Waals surface area contributed by atoms with Gasteiger partial charge in [-0.2, -0.15) is 0 Å². The molecule has 0 saturated heterocycles. The topological polar surface area (TPSA) is 26.3 Å². The van der Waals surface area contributed by atoms with E-state index < -0.39 is 5.97 Å². The molecule has 0 fully saturated rings. The lowest BCUT2D eigenvalue weighted by molar-refractivity contribution is 0.0600. The minimum Gasteiger partial charge on any atom is -0.465 e. The molecule has 3 heteroatoms. The average molecular weight is 222 g/mol. The molecule has 2 nitrogen and oxygen atoms in total. The van der Waals surface area contributed by atoms with Crippen molar-refractivity contribution in [3.05, 3.63) is 46.8 Å². The Balaban J connectivity index is 2.99. The molecule has 0 amide bonds. The Morgan fingerprint density at radius 1 is 1.44 bits per heavy atom. The molecule has 1 rings (SSSR count). The third kappa shape index (κ3) is 3.19. The molecule has 16 heavy (non-hydrogen) atoms. The van der Waals surface area contributed by atoms with Crippen molar-refractivity contribution in [2.75, 3.05) is 7.11 Å². The van der Waals surface area contributed by atoms with Crippen LogP contribution in [0.3, 0.4) is 0 Å². The molecule has 1 aromatic carbocycles. The van der Waals surface area contributed by atoms with Gasteiger partial charge < -0.3 is 4.74 Å². The number of carbonyl (C=O) groups is 1. The van der Waals surface area contributed by atoms with Gasteiger partial charge in [0.05, 0.1) is 12.7 Å². The van der Waals surface area contributed by atoms with E-state index >= 15 is 0 Å². The second kappa shape index (κ2) is 5.45. The molecule has 0 spiro atoms. The highest BCUT2D eigenvalue weighted by Gasteiger charge is 2.08. The highest BCUT2D eigenvalue weighted by molar-refractivity contribution is 5.89. The fraction of sp³-hybridized carbons (Fsp3) is 0.308. The van der Waals surface area contributed by atoms with E-state index in [1.807, 2.05) is 19.9 Å². The van der Waals surface area contributed by atoms with Crippen molar-refractivity contribution >= 4 is 5.97 Å². The molecule has 0 radical (unpaired) electrons. The first-order valence-electron chi connectivity index (χ1n) is 5.04. The van der Waals surface area contributed by atoms with Gasteiger partial charge in [-0.05, 0) is 44.0 Å². The number of ether oxygens (including phenoxy) is 1. The predicted molar refractivity (Wildman–Crippen MR) is 60.9 cm³/mol. The summed E-state index contributed by atoms with van der Waals surface area (Å²) in [7, 11) is 1.31. The van der Waals surface area contributed by atoms with Gasteiger partial charge in [-0.15, -0.1) is 0 Å². The zero-order chi connectivity index (χ0) is 12.1. The number of esters is 1. The summed E-state index contributed by atoms with van der Waals surface area (Å²) in [4.78, 5) is 11.3. The lowest BCUT2D eigenvalue weighted by Gasteiger charge is -2.04. The highest BCUT2D eigenvalue weighted by Crippen LogP contribution is 2.13. The van der Waals surface area contributed by atoms with Crippen LogP contribution in [0.15, 0.2) is 29.8 Å². The summed E-state index contributed by atoms with van der Waals surface area (Å²) < 4.78 is 18.0. The Morgan fingerprint density at radius 2 is 2.12 bits per heavy atom. The standard InChI is InChI=1S/C13H15FO2/c1-9(2)4-5-10-8-11(13(15)16-3)6-7-12(10)14/h4,6-8H,5H2,1-3H3. The van der Waals surface area contributed by atoms with Crippen LogP contribution in [0.4, 0.5) is 4.39 Å². The smallest absolute Gasteiger partial charge is 0.337 e. The Labute approximate surface area is 94.7 Å². The lowest BCUT2D eigenvalue weighted by atomic mass is 10.1. The summed E-state index contributed by atoms with van der Waals surface area (Å²) in [5, 5.41) is 0. The van der Waals surface area contributed by atoms with Gasteiger partial charge in [-0.25, -0.2) is 9.18 Å². The fourth-order valence-corrected chi connectivity index (χ4v) is 1.29. The van der Waals surface area contributed by atoms with Gasteiger partial charge in [-0.1, -0.05) is 11.6 Å². The van der Waals surface area contributed by atoms with Gasteiger partial charge in [0, 0.05) is 0 Å². The normalized spacial score (nSPS) is 9.75. The van der Waals surface area contributed by atoms with Gasteiger partial charge >= 0.3 is 5.97 Å². The van der Waals surface area contributed by atoms with Crippen LogP contribution in [0.2, 0.25) is 0 Å². The molecule has 0 N–H and O–H groups in total. The Bertz CT molecular complexity index is 418. The summed E-state index contributed by atoms with van der Waals surface area (Å²) in [5.41, 5.74) is 1.99. The van der Waals surface area contributed by atoms with E-state index in [-0.39, 0.29) is 5.82 Å². The SMILES string of the molecule is COC(=O)c1ccc(F)c(CC=C(C)C)c1. The molecule has 0 aliphatic heterocycles. The number of rotatable bonds is 3. The van der Waals surface area contributed by atoms with E-state index in [2.05, 4.69) is 4.74 Å². The summed E-state index contributed by atoms with van der Waals surface area (Å²) >= 11 is 0. The molecule has 0 saturated carbocycles. The molecular formula is C13H15FO2. The number of halogens is 1. The van der Waals surface area contributed by atoms with E-state index in [9.17, 15) is 9.18 Å². The quantitative estimate of drug-likeness (QED) is 0.580. The van der Waals surface area contributed by atoms with E-state index in [1.54, 1.807) is 0 Å². The third-order valence-electron chi connectivity index (χ3n) is 2.20. The maximum absolute atomic E-state index is 13.4. The zero-order valence-electron chi connectivity index (χ0n) is 9.71. The van der Waals surface area contributed by atoms with Crippen molar-refractivity contribution in [2.24, 2.45) is 0 Å². The maximum atomic E-state index is 13.4. The van der Waals surface area contributed by atoms with Crippen LogP contribution >= 0.6 is 0 Å². The van der Waals surface area contributed by atoms with Crippen molar-refractivity contribution in [1.29, 1.82) is 0 Å². The predicted octanol–water partition coefficient (Wildman–Crippen LogP) is 3.12. The van der Waals surface area contributed by atoms with Gasteiger partial charge in [0.15, 0.2) is 0 Å². The zero-order valence-corrected chi connectivity index (χ0v) is 9.71. The Hall–Kier alpha value is -1.64. The summed E-state index contributed by atoms with van der Waals surface area (Å²) in [5.74, 6) is -0.747. The number of hydrogen-bond donors (Lipinski definition) is 0. The summed E-state index contributed by atoms with van der Waals surface area (Å²) in [6, 6.07) is 4.24. The molecule has 86 valence electrons. The van der Waals surface area contributed by atoms with Gasteiger partial charge in [0.1, 0.15) is 5.82 Å². The van der Waals surface area contributed by atoms with Crippen LogP contribution in [0, 0.1) is 5.82 Å². The van der Waals surface area contributed by atoms with Gasteiger partial charge in [0.25, 0.3) is 0 Å². The van der Waals surface area contributed by atoms with Crippen molar-refractivity contribution in [3.63, 3.8) is 0 Å². The first-order valence-corrected chi connectivity index (χ1v) is 5.04. The van der Waals surface area contributed by atoms with E-state index in [1.165, 1.54) is 25.3 Å². The Kier molecular flexibility index (Phi) is 4.23. The number of methoxy groups -OCH3 is 1.